The van der Waals surface area contributed by atoms with Crippen molar-refractivity contribution in [1.82, 2.24) is 24.4 Å². The van der Waals surface area contributed by atoms with Gasteiger partial charge in [-0.2, -0.15) is 4.68 Å². The smallest absolute Gasteiger partial charge is 0.283 e. The molecule has 140 valence electrons. The number of fused-ring (bicyclic) bond motifs is 1. The Balaban J connectivity index is 1.85. The van der Waals surface area contributed by atoms with Crippen molar-refractivity contribution in [3.63, 3.8) is 0 Å². The lowest BCUT2D eigenvalue weighted by molar-refractivity contribution is 0.100. The number of aromatic nitrogens is 5. The zero-order valence-electron chi connectivity index (χ0n) is 15.4. The highest BCUT2D eigenvalue weighted by atomic mass is 16.5. The van der Waals surface area contributed by atoms with Crippen molar-refractivity contribution in [3.05, 3.63) is 82.0 Å². The number of Topliss-reactive ketones (excluding diaryl/α,β-unsaturated/α-hetero) is 1. The van der Waals surface area contributed by atoms with Crippen LogP contribution in [0.4, 0.5) is 0 Å². The van der Waals surface area contributed by atoms with Crippen molar-refractivity contribution in [3.8, 4) is 11.4 Å². The van der Waals surface area contributed by atoms with Crippen LogP contribution in [-0.2, 0) is 6.42 Å². The molecule has 2 aromatic heterocycles. The van der Waals surface area contributed by atoms with E-state index in [9.17, 15) is 9.59 Å². The minimum Gasteiger partial charge on any atom is -0.497 e. The zero-order valence-corrected chi connectivity index (χ0v) is 15.4. The van der Waals surface area contributed by atoms with E-state index in [4.69, 9.17) is 4.74 Å². The van der Waals surface area contributed by atoms with Crippen molar-refractivity contribution in [2.75, 3.05) is 7.11 Å². The highest BCUT2D eigenvalue weighted by molar-refractivity contribution is 5.91. The Morgan fingerprint density at radius 2 is 1.75 bits per heavy atom. The van der Waals surface area contributed by atoms with Crippen LogP contribution in [0.5, 0.6) is 5.75 Å². The van der Waals surface area contributed by atoms with Crippen LogP contribution in [0.25, 0.3) is 11.5 Å². The highest BCUT2D eigenvalue weighted by Gasteiger charge is 2.20. The fourth-order valence-electron chi connectivity index (χ4n) is 2.94. The van der Waals surface area contributed by atoms with E-state index in [1.54, 1.807) is 7.11 Å². The first-order valence-corrected chi connectivity index (χ1v) is 8.65. The van der Waals surface area contributed by atoms with Crippen LogP contribution in [0, 0.1) is 0 Å². The van der Waals surface area contributed by atoms with Crippen LogP contribution in [0.3, 0.4) is 0 Å². The predicted molar refractivity (Wildman–Crippen MR) is 102 cm³/mol. The highest BCUT2D eigenvalue weighted by Crippen LogP contribution is 2.14. The Morgan fingerprint density at radius 3 is 2.39 bits per heavy atom. The molecule has 0 aliphatic carbocycles. The number of ether oxygens (including phenoxy) is 1. The maximum Gasteiger partial charge on any atom is 0.283 e. The quantitative estimate of drug-likeness (QED) is 0.496. The summed E-state index contributed by atoms with van der Waals surface area (Å²) < 4.78 is 7.82. The third-order valence-corrected chi connectivity index (χ3v) is 4.35. The first kappa shape index (κ1) is 17.6. The summed E-state index contributed by atoms with van der Waals surface area (Å²) in [5.74, 6) is 0.616. The summed E-state index contributed by atoms with van der Waals surface area (Å²) in [6.07, 6.45) is 0.284. The molecule has 28 heavy (non-hydrogen) atoms. The average molecular weight is 375 g/mol. The summed E-state index contributed by atoms with van der Waals surface area (Å²) in [6.45, 7) is 1.37. The molecule has 0 radical (unpaired) electrons. The molecule has 0 amide bonds. The number of carbonyl (C=O) groups excluding carboxylic acids is 1. The molecule has 0 atom stereocenters. The van der Waals surface area contributed by atoms with Gasteiger partial charge in [-0.3, -0.25) is 9.59 Å². The molecule has 0 unspecified atom stereocenters. The molecule has 4 aromatic rings. The largest absolute Gasteiger partial charge is 0.497 e. The second-order valence-corrected chi connectivity index (χ2v) is 6.24. The molecular formula is C20H17N5O3. The number of nitrogens with zero attached hydrogens (tertiary/aromatic N) is 5. The normalized spacial score (nSPS) is 10.9. The van der Waals surface area contributed by atoms with Gasteiger partial charge >= 0.3 is 0 Å². The maximum absolute atomic E-state index is 13.1. The summed E-state index contributed by atoms with van der Waals surface area (Å²) in [5.41, 5.74) is 1.39. The first-order valence-electron chi connectivity index (χ1n) is 8.65. The molecule has 0 saturated carbocycles. The minimum atomic E-state index is -0.409. The van der Waals surface area contributed by atoms with E-state index in [1.165, 1.54) is 16.0 Å². The lowest BCUT2D eigenvalue weighted by Gasteiger charge is -2.04. The van der Waals surface area contributed by atoms with E-state index in [0.717, 1.165) is 11.3 Å². The summed E-state index contributed by atoms with van der Waals surface area (Å²) >= 11 is 0. The van der Waals surface area contributed by atoms with Gasteiger partial charge in [-0.25, -0.2) is 4.40 Å². The van der Waals surface area contributed by atoms with Gasteiger partial charge in [0, 0.05) is 13.3 Å². The molecule has 0 bridgehead atoms. The summed E-state index contributed by atoms with van der Waals surface area (Å²) in [5, 5.41) is 12.6. The van der Waals surface area contributed by atoms with Crippen LogP contribution in [0.15, 0.2) is 59.4 Å². The van der Waals surface area contributed by atoms with Gasteiger partial charge in [0.05, 0.1) is 12.8 Å². The maximum atomic E-state index is 13.1. The molecule has 4 rings (SSSR count). The molecule has 8 heteroatoms. The van der Waals surface area contributed by atoms with Crippen LogP contribution in [0.1, 0.15) is 28.8 Å². The van der Waals surface area contributed by atoms with Crippen LogP contribution in [-0.4, -0.2) is 37.3 Å². The number of hydrogen-bond acceptors (Lipinski definition) is 6. The number of hydrogen-bond donors (Lipinski definition) is 0. The molecule has 0 fully saturated rings. The topological polar surface area (TPSA) is 91.4 Å². The van der Waals surface area contributed by atoms with Gasteiger partial charge in [0.2, 0.25) is 5.82 Å². The second kappa shape index (κ2) is 7.07. The van der Waals surface area contributed by atoms with Crippen molar-refractivity contribution in [1.29, 1.82) is 0 Å². The Hall–Kier alpha value is -3.81. The number of carbonyl (C=O) groups is 1. The molecule has 0 aliphatic rings. The van der Waals surface area contributed by atoms with Crippen LogP contribution < -0.4 is 10.3 Å². The van der Waals surface area contributed by atoms with Crippen molar-refractivity contribution < 1.29 is 9.53 Å². The number of methoxy groups -OCH3 is 1. The lowest BCUT2D eigenvalue weighted by atomic mass is 10.1. The van der Waals surface area contributed by atoms with Gasteiger partial charge in [-0.05, 0) is 29.8 Å². The molecule has 0 saturated heterocycles. The second-order valence-electron chi connectivity index (χ2n) is 6.24. The number of rotatable bonds is 5. The molecule has 2 aromatic carbocycles. The Bertz CT molecular complexity index is 1210. The first-order chi connectivity index (χ1) is 13.6. The van der Waals surface area contributed by atoms with E-state index in [2.05, 4.69) is 15.3 Å². The van der Waals surface area contributed by atoms with E-state index in [0.29, 0.717) is 5.69 Å². The van der Waals surface area contributed by atoms with Crippen LogP contribution in [0.2, 0.25) is 0 Å². The zero-order chi connectivity index (χ0) is 19.7. The molecular weight excluding hydrogens is 358 g/mol. The lowest BCUT2D eigenvalue weighted by Crippen LogP contribution is -2.24. The van der Waals surface area contributed by atoms with Crippen molar-refractivity contribution in [2.24, 2.45) is 0 Å². The van der Waals surface area contributed by atoms with E-state index in [1.807, 2.05) is 54.6 Å². The van der Waals surface area contributed by atoms with E-state index in [-0.39, 0.29) is 29.5 Å². The monoisotopic (exact) mass is 375 g/mol. The molecule has 2 heterocycles. The number of benzene rings is 2. The average Bonchev–Trinajstić information content (AvgIpc) is 3.12. The SMILES string of the molecule is COc1ccc(Cc2nnc3n(-c4ccccc4)nc(C(C)=O)n3c2=O)cc1. The summed E-state index contributed by atoms with van der Waals surface area (Å²) in [6, 6.07) is 16.5. The minimum absolute atomic E-state index is 0.0229. The third-order valence-electron chi connectivity index (χ3n) is 4.35. The third kappa shape index (κ3) is 3.05. The van der Waals surface area contributed by atoms with E-state index >= 15 is 0 Å². The van der Waals surface area contributed by atoms with Gasteiger partial charge < -0.3 is 4.74 Å². The Kier molecular flexibility index (Phi) is 4.44. The fraction of sp³-hybridized carbons (Fsp3) is 0.150. The van der Waals surface area contributed by atoms with Gasteiger partial charge in [-0.15, -0.1) is 15.3 Å². The van der Waals surface area contributed by atoms with Gasteiger partial charge in [-0.1, -0.05) is 30.3 Å². The molecule has 8 nitrogen and oxygen atoms in total. The van der Waals surface area contributed by atoms with Gasteiger partial charge in [0.15, 0.2) is 5.78 Å². The standard InChI is InChI=1S/C20H17N5O3/c1-13(26)18-23-25(15-6-4-3-5-7-15)20-22-21-17(19(27)24(18)20)12-14-8-10-16(28-2)11-9-14/h3-11H,12H2,1-2H3. The molecule has 0 N–H and O–H groups in total. The number of ketones is 1. The molecule has 0 spiro atoms. The van der Waals surface area contributed by atoms with Crippen molar-refractivity contribution >= 4 is 11.6 Å². The molecule has 0 aliphatic heterocycles. The van der Waals surface area contributed by atoms with E-state index < -0.39 is 5.56 Å². The van der Waals surface area contributed by atoms with Crippen LogP contribution >= 0.6 is 0 Å². The van der Waals surface area contributed by atoms with Crippen molar-refractivity contribution in [2.45, 2.75) is 13.3 Å². The summed E-state index contributed by atoms with van der Waals surface area (Å²) in [4.78, 5) is 25.2. The van der Waals surface area contributed by atoms with Gasteiger partial charge in [0.25, 0.3) is 11.3 Å². The van der Waals surface area contributed by atoms with Gasteiger partial charge in [0.1, 0.15) is 11.4 Å². The Labute approximate surface area is 160 Å². The predicted octanol–water partition coefficient (Wildman–Crippen LogP) is 2.08. The number of para-hydroxylation sites is 1. The summed E-state index contributed by atoms with van der Waals surface area (Å²) in [7, 11) is 1.59. The Morgan fingerprint density at radius 1 is 1.04 bits per heavy atom. The fourth-order valence-corrected chi connectivity index (χ4v) is 2.94.